The van der Waals surface area contributed by atoms with Gasteiger partial charge < -0.3 is 10.0 Å². The van der Waals surface area contributed by atoms with E-state index < -0.39 is 0 Å². The highest BCUT2D eigenvalue weighted by Gasteiger charge is 2.15. The third-order valence-electron chi connectivity index (χ3n) is 2.45. The largest absolute Gasteiger partial charge is 0.507 e. The summed E-state index contributed by atoms with van der Waals surface area (Å²) in [6, 6.07) is 10.5. The average molecular weight is 247 g/mol. The lowest BCUT2D eigenvalue weighted by Crippen LogP contribution is -2.25. The molecule has 0 aliphatic heterocycles. The van der Waals surface area contributed by atoms with Crippen molar-refractivity contribution in [3.8, 4) is 5.75 Å². The SMILES string of the molecule is CN(Cc1cccs1)C(=O)c1ccccc1O. The van der Waals surface area contributed by atoms with Crippen LogP contribution in [0.5, 0.6) is 5.75 Å². The van der Waals surface area contributed by atoms with Crippen molar-refractivity contribution in [2.24, 2.45) is 0 Å². The van der Waals surface area contributed by atoms with Crippen LogP contribution < -0.4 is 0 Å². The maximum absolute atomic E-state index is 12.1. The zero-order valence-corrected chi connectivity index (χ0v) is 10.3. The smallest absolute Gasteiger partial charge is 0.257 e. The molecule has 1 amide bonds. The first kappa shape index (κ1) is 11.7. The fourth-order valence-electron chi connectivity index (χ4n) is 1.57. The van der Waals surface area contributed by atoms with Crippen LogP contribution in [0.2, 0.25) is 0 Å². The van der Waals surface area contributed by atoms with Crippen molar-refractivity contribution in [2.45, 2.75) is 6.54 Å². The second-order valence-corrected chi connectivity index (χ2v) is 4.79. The van der Waals surface area contributed by atoms with Gasteiger partial charge in [0.15, 0.2) is 0 Å². The fourth-order valence-corrected chi connectivity index (χ4v) is 2.33. The lowest BCUT2D eigenvalue weighted by atomic mass is 10.2. The van der Waals surface area contributed by atoms with Crippen LogP contribution in [0.25, 0.3) is 0 Å². The van der Waals surface area contributed by atoms with Gasteiger partial charge in [-0.2, -0.15) is 0 Å². The summed E-state index contributed by atoms with van der Waals surface area (Å²) in [6.45, 7) is 0.560. The zero-order valence-electron chi connectivity index (χ0n) is 9.46. The van der Waals surface area contributed by atoms with Crippen LogP contribution in [0.1, 0.15) is 15.2 Å². The Labute approximate surface area is 104 Å². The molecule has 0 aliphatic rings. The van der Waals surface area contributed by atoms with Crippen molar-refractivity contribution in [2.75, 3.05) is 7.05 Å². The average Bonchev–Trinajstić information content (AvgIpc) is 2.81. The summed E-state index contributed by atoms with van der Waals surface area (Å²) in [5, 5.41) is 11.6. The van der Waals surface area contributed by atoms with Crippen LogP contribution >= 0.6 is 11.3 Å². The van der Waals surface area contributed by atoms with Gasteiger partial charge in [-0.25, -0.2) is 0 Å². The van der Waals surface area contributed by atoms with Crippen LogP contribution in [0.4, 0.5) is 0 Å². The third-order valence-corrected chi connectivity index (χ3v) is 3.32. The van der Waals surface area contributed by atoms with Gasteiger partial charge in [0.2, 0.25) is 0 Å². The number of phenols is 1. The summed E-state index contributed by atoms with van der Waals surface area (Å²) in [5.74, 6) is -0.146. The molecule has 1 aromatic heterocycles. The minimum Gasteiger partial charge on any atom is -0.507 e. The molecule has 0 unspecified atom stereocenters. The van der Waals surface area contributed by atoms with Crippen molar-refractivity contribution in [3.05, 3.63) is 52.2 Å². The number of phenolic OH excluding ortho intramolecular Hbond substituents is 1. The molecule has 0 radical (unpaired) electrons. The number of hydrogen-bond acceptors (Lipinski definition) is 3. The van der Waals surface area contributed by atoms with Gasteiger partial charge in [0, 0.05) is 11.9 Å². The highest BCUT2D eigenvalue weighted by Crippen LogP contribution is 2.19. The molecule has 4 heteroatoms. The van der Waals surface area contributed by atoms with Gasteiger partial charge in [0.1, 0.15) is 5.75 Å². The molecule has 0 bridgehead atoms. The lowest BCUT2D eigenvalue weighted by Gasteiger charge is -2.16. The van der Waals surface area contributed by atoms with Crippen LogP contribution in [-0.2, 0) is 6.54 Å². The summed E-state index contributed by atoms with van der Waals surface area (Å²) < 4.78 is 0. The Balaban J connectivity index is 2.13. The summed E-state index contributed by atoms with van der Waals surface area (Å²) in [4.78, 5) is 14.8. The van der Waals surface area contributed by atoms with Crippen molar-refractivity contribution < 1.29 is 9.90 Å². The molecule has 1 N–H and O–H groups in total. The first-order valence-electron chi connectivity index (χ1n) is 5.24. The van der Waals surface area contributed by atoms with Gasteiger partial charge in [-0.15, -0.1) is 11.3 Å². The number of para-hydroxylation sites is 1. The van der Waals surface area contributed by atoms with Gasteiger partial charge in [-0.05, 0) is 23.6 Å². The highest BCUT2D eigenvalue weighted by atomic mass is 32.1. The van der Waals surface area contributed by atoms with Crippen molar-refractivity contribution in [1.29, 1.82) is 0 Å². The van der Waals surface area contributed by atoms with E-state index in [0.29, 0.717) is 12.1 Å². The first-order chi connectivity index (χ1) is 8.18. The van der Waals surface area contributed by atoms with Gasteiger partial charge in [0.25, 0.3) is 5.91 Å². The molecule has 88 valence electrons. The third kappa shape index (κ3) is 2.65. The monoisotopic (exact) mass is 247 g/mol. The molecule has 2 aromatic rings. The molecule has 0 spiro atoms. The Morgan fingerprint density at radius 3 is 2.71 bits per heavy atom. The van der Waals surface area contributed by atoms with Crippen LogP contribution in [0, 0.1) is 0 Å². The molecule has 1 heterocycles. The Morgan fingerprint density at radius 1 is 1.29 bits per heavy atom. The number of rotatable bonds is 3. The lowest BCUT2D eigenvalue weighted by molar-refractivity contribution is 0.0783. The predicted molar refractivity (Wildman–Crippen MR) is 68.2 cm³/mol. The van der Waals surface area contributed by atoms with E-state index in [1.807, 2.05) is 17.5 Å². The molecule has 0 saturated heterocycles. The normalized spacial score (nSPS) is 10.2. The molecule has 0 atom stereocenters. The second-order valence-electron chi connectivity index (χ2n) is 3.76. The Morgan fingerprint density at radius 2 is 2.06 bits per heavy atom. The van der Waals surface area contributed by atoms with E-state index in [1.54, 1.807) is 41.5 Å². The molecular weight excluding hydrogens is 234 g/mol. The molecular formula is C13H13NO2S. The summed E-state index contributed by atoms with van der Waals surface area (Å²) >= 11 is 1.61. The summed E-state index contributed by atoms with van der Waals surface area (Å²) in [6.07, 6.45) is 0. The first-order valence-corrected chi connectivity index (χ1v) is 6.12. The van der Waals surface area contributed by atoms with E-state index in [2.05, 4.69) is 0 Å². The molecule has 0 aliphatic carbocycles. The number of carbonyl (C=O) groups is 1. The molecule has 2 rings (SSSR count). The van der Waals surface area contributed by atoms with E-state index in [0.717, 1.165) is 4.88 Å². The van der Waals surface area contributed by atoms with Crippen LogP contribution in [0.15, 0.2) is 41.8 Å². The Kier molecular flexibility index (Phi) is 3.44. The van der Waals surface area contributed by atoms with Crippen molar-refractivity contribution in [3.63, 3.8) is 0 Å². The van der Waals surface area contributed by atoms with E-state index in [-0.39, 0.29) is 11.7 Å². The molecule has 3 nitrogen and oxygen atoms in total. The minimum absolute atomic E-state index is 0.0236. The van der Waals surface area contributed by atoms with Crippen molar-refractivity contribution >= 4 is 17.2 Å². The number of benzene rings is 1. The van der Waals surface area contributed by atoms with Gasteiger partial charge >= 0.3 is 0 Å². The Bertz CT molecular complexity index is 508. The standard InChI is InChI=1S/C13H13NO2S/c1-14(9-10-5-4-8-17-10)13(16)11-6-2-3-7-12(11)15/h2-8,15H,9H2,1H3. The van der Waals surface area contributed by atoms with Gasteiger partial charge in [-0.1, -0.05) is 18.2 Å². The number of amides is 1. The number of carbonyl (C=O) groups excluding carboxylic acids is 1. The summed E-state index contributed by atoms with van der Waals surface area (Å²) in [5.41, 5.74) is 0.339. The second kappa shape index (κ2) is 5.01. The van der Waals surface area contributed by atoms with E-state index >= 15 is 0 Å². The summed E-state index contributed by atoms with van der Waals surface area (Å²) in [7, 11) is 1.73. The van der Waals surface area contributed by atoms with Crippen molar-refractivity contribution in [1.82, 2.24) is 4.90 Å². The zero-order chi connectivity index (χ0) is 12.3. The number of aromatic hydroxyl groups is 1. The predicted octanol–water partition coefficient (Wildman–Crippen LogP) is 2.73. The molecule has 1 aromatic carbocycles. The maximum atomic E-state index is 12.1. The van der Waals surface area contributed by atoms with E-state index in [4.69, 9.17) is 0 Å². The van der Waals surface area contributed by atoms with Gasteiger partial charge in [0.05, 0.1) is 12.1 Å². The molecule has 0 fully saturated rings. The maximum Gasteiger partial charge on any atom is 0.257 e. The number of thiophene rings is 1. The van der Waals surface area contributed by atoms with Crippen LogP contribution in [0.3, 0.4) is 0 Å². The quantitative estimate of drug-likeness (QED) is 0.906. The number of nitrogens with zero attached hydrogens (tertiary/aromatic N) is 1. The number of hydrogen-bond donors (Lipinski definition) is 1. The Hall–Kier alpha value is -1.81. The molecule has 17 heavy (non-hydrogen) atoms. The molecule has 0 saturated carbocycles. The fraction of sp³-hybridized carbons (Fsp3) is 0.154. The topological polar surface area (TPSA) is 40.5 Å². The highest BCUT2D eigenvalue weighted by molar-refractivity contribution is 7.09. The van der Waals surface area contributed by atoms with E-state index in [1.165, 1.54) is 6.07 Å². The van der Waals surface area contributed by atoms with Crippen LogP contribution in [-0.4, -0.2) is 23.0 Å². The minimum atomic E-state index is -0.170. The van der Waals surface area contributed by atoms with E-state index in [9.17, 15) is 9.90 Å². The van der Waals surface area contributed by atoms with Gasteiger partial charge in [-0.3, -0.25) is 4.79 Å².